The van der Waals surface area contributed by atoms with Gasteiger partial charge in [0, 0.05) is 11.8 Å². The fourth-order valence-corrected chi connectivity index (χ4v) is 1.12. The van der Waals surface area contributed by atoms with Crippen LogP contribution in [0.25, 0.3) is 0 Å². The molecule has 1 aromatic rings. The molecule has 4 nitrogen and oxygen atoms in total. The summed E-state index contributed by atoms with van der Waals surface area (Å²) in [5.41, 5.74) is -2.63. The second-order valence-electron chi connectivity index (χ2n) is 2.74. The van der Waals surface area contributed by atoms with E-state index in [0.29, 0.717) is 6.07 Å². The number of halogens is 3. The van der Waals surface area contributed by atoms with E-state index in [4.69, 9.17) is 5.11 Å². The Kier molecular flexibility index (Phi) is 3.13. The molecule has 0 bridgehead atoms. The molecular formula is C8H6F3NO3. The van der Waals surface area contributed by atoms with Crippen LogP contribution in [-0.4, -0.2) is 16.1 Å². The van der Waals surface area contributed by atoms with Crippen LogP contribution in [0.2, 0.25) is 0 Å². The molecule has 1 heterocycles. The average molecular weight is 221 g/mol. The maximum absolute atomic E-state index is 12.9. The van der Waals surface area contributed by atoms with Gasteiger partial charge in [-0.2, -0.15) is 0 Å². The van der Waals surface area contributed by atoms with Crippen LogP contribution in [0, 0.1) is 5.82 Å². The molecule has 2 N–H and O–H groups in total. The molecule has 0 amide bonds. The number of aromatic nitrogens is 1. The molecular weight excluding hydrogens is 215 g/mol. The van der Waals surface area contributed by atoms with E-state index in [-0.39, 0.29) is 0 Å². The molecule has 0 aliphatic heterocycles. The predicted octanol–water partition coefficient (Wildman–Crippen LogP) is 1.08. The third-order valence-electron chi connectivity index (χ3n) is 1.66. The number of hydrogen-bond acceptors (Lipinski definition) is 2. The van der Waals surface area contributed by atoms with Gasteiger partial charge in [0.25, 0.3) is 12.0 Å². The number of carbonyl (C=O) groups is 1. The van der Waals surface area contributed by atoms with Crippen LogP contribution < -0.4 is 5.56 Å². The van der Waals surface area contributed by atoms with E-state index in [9.17, 15) is 22.8 Å². The summed E-state index contributed by atoms with van der Waals surface area (Å²) < 4.78 is 37.6. The van der Waals surface area contributed by atoms with Crippen molar-refractivity contribution < 1.29 is 23.1 Å². The number of carboxylic acids is 1. The third-order valence-corrected chi connectivity index (χ3v) is 1.66. The number of alkyl halides is 2. The summed E-state index contributed by atoms with van der Waals surface area (Å²) in [6, 6.07) is 0.354. The van der Waals surface area contributed by atoms with Crippen molar-refractivity contribution in [2.24, 2.45) is 0 Å². The highest BCUT2D eigenvalue weighted by Gasteiger charge is 2.21. The van der Waals surface area contributed by atoms with E-state index in [0.717, 1.165) is 0 Å². The molecule has 0 aromatic carbocycles. The van der Waals surface area contributed by atoms with E-state index in [1.54, 1.807) is 0 Å². The van der Waals surface area contributed by atoms with E-state index >= 15 is 0 Å². The van der Waals surface area contributed by atoms with Crippen LogP contribution in [0.1, 0.15) is 17.7 Å². The maximum Gasteiger partial charge on any atom is 0.309 e. The van der Waals surface area contributed by atoms with Crippen molar-refractivity contribution >= 4 is 5.97 Å². The van der Waals surface area contributed by atoms with Crippen molar-refractivity contribution in [2.45, 2.75) is 12.8 Å². The largest absolute Gasteiger partial charge is 0.481 e. The molecule has 0 unspecified atom stereocenters. The van der Waals surface area contributed by atoms with Crippen molar-refractivity contribution in [1.29, 1.82) is 0 Å². The van der Waals surface area contributed by atoms with E-state index in [1.165, 1.54) is 0 Å². The Balaban J connectivity index is 3.33. The molecule has 15 heavy (non-hydrogen) atoms. The van der Waals surface area contributed by atoms with Gasteiger partial charge < -0.3 is 10.1 Å². The summed E-state index contributed by atoms with van der Waals surface area (Å²) in [7, 11) is 0. The van der Waals surface area contributed by atoms with Crippen LogP contribution in [0.3, 0.4) is 0 Å². The first kappa shape index (κ1) is 11.3. The zero-order chi connectivity index (χ0) is 11.6. The highest BCUT2D eigenvalue weighted by molar-refractivity contribution is 5.70. The smallest absolute Gasteiger partial charge is 0.309 e. The Bertz CT molecular complexity index is 441. The first-order chi connectivity index (χ1) is 6.91. The number of rotatable bonds is 3. The van der Waals surface area contributed by atoms with Gasteiger partial charge >= 0.3 is 5.97 Å². The van der Waals surface area contributed by atoms with E-state index in [2.05, 4.69) is 0 Å². The van der Waals surface area contributed by atoms with Gasteiger partial charge in [-0.15, -0.1) is 0 Å². The highest BCUT2D eigenvalue weighted by atomic mass is 19.3. The number of hydrogen-bond donors (Lipinski definition) is 2. The zero-order valence-electron chi connectivity index (χ0n) is 7.26. The lowest BCUT2D eigenvalue weighted by molar-refractivity contribution is -0.136. The molecule has 0 atom stereocenters. The average Bonchev–Trinajstić information content (AvgIpc) is 1.99. The first-order valence-corrected chi connectivity index (χ1v) is 3.83. The fraction of sp³-hybridized carbons (Fsp3) is 0.250. The lowest BCUT2D eigenvalue weighted by Crippen LogP contribution is -2.16. The Hall–Kier alpha value is -1.79. The van der Waals surface area contributed by atoms with Gasteiger partial charge in [-0.3, -0.25) is 9.59 Å². The number of aliphatic carboxylic acids is 1. The summed E-state index contributed by atoms with van der Waals surface area (Å²) >= 11 is 0. The Morgan fingerprint density at radius 2 is 2.13 bits per heavy atom. The molecule has 0 radical (unpaired) electrons. The van der Waals surface area contributed by atoms with Gasteiger partial charge in [-0.25, -0.2) is 13.2 Å². The number of pyridine rings is 1. The Morgan fingerprint density at radius 1 is 1.53 bits per heavy atom. The predicted molar refractivity (Wildman–Crippen MR) is 43.3 cm³/mol. The Morgan fingerprint density at radius 3 is 2.60 bits per heavy atom. The number of nitrogens with one attached hydrogen (secondary N) is 1. The summed E-state index contributed by atoms with van der Waals surface area (Å²) in [6.45, 7) is 0. The monoisotopic (exact) mass is 221 g/mol. The van der Waals surface area contributed by atoms with Crippen molar-refractivity contribution in [3.63, 3.8) is 0 Å². The highest BCUT2D eigenvalue weighted by Crippen LogP contribution is 2.23. The summed E-state index contributed by atoms with van der Waals surface area (Å²) in [4.78, 5) is 22.9. The topological polar surface area (TPSA) is 70.2 Å². The molecule has 1 rings (SSSR count). The summed E-state index contributed by atoms with van der Waals surface area (Å²) in [6.07, 6.45) is -4.02. The second-order valence-corrected chi connectivity index (χ2v) is 2.74. The second kappa shape index (κ2) is 4.16. The van der Waals surface area contributed by atoms with Crippen LogP contribution in [0.4, 0.5) is 13.2 Å². The van der Waals surface area contributed by atoms with Crippen LogP contribution in [-0.2, 0) is 11.2 Å². The molecule has 0 saturated carbocycles. The molecule has 0 saturated heterocycles. The lowest BCUT2D eigenvalue weighted by Gasteiger charge is -2.06. The van der Waals surface area contributed by atoms with Crippen LogP contribution in [0.5, 0.6) is 0 Å². The van der Waals surface area contributed by atoms with Crippen LogP contribution in [0.15, 0.2) is 10.9 Å². The van der Waals surface area contributed by atoms with E-state index in [1.807, 2.05) is 4.98 Å². The standard InChI is InChI=1S/C8H6F3NO3/c9-3-1-5(13)12-4(2-6(14)15)7(3)8(10)11/h1,8H,2H2,(H,12,13)(H,14,15). The summed E-state index contributed by atoms with van der Waals surface area (Å²) in [5.74, 6) is -2.83. The lowest BCUT2D eigenvalue weighted by atomic mass is 10.1. The fourth-order valence-electron chi connectivity index (χ4n) is 1.12. The number of carboxylic acid groups (broad SMARTS) is 1. The zero-order valence-corrected chi connectivity index (χ0v) is 7.26. The first-order valence-electron chi connectivity index (χ1n) is 3.83. The van der Waals surface area contributed by atoms with Gasteiger partial charge in [0.15, 0.2) is 0 Å². The molecule has 0 spiro atoms. The molecule has 1 aromatic heterocycles. The number of aromatic amines is 1. The maximum atomic E-state index is 12.9. The van der Waals surface area contributed by atoms with Gasteiger partial charge in [-0.05, 0) is 0 Å². The summed E-state index contributed by atoms with van der Waals surface area (Å²) in [5, 5.41) is 8.37. The molecule has 7 heteroatoms. The Labute approximate surface area is 81.4 Å². The number of H-pyrrole nitrogens is 1. The van der Waals surface area contributed by atoms with Crippen molar-refractivity contribution in [3.8, 4) is 0 Å². The molecule has 82 valence electrons. The van der Waals surface area contributed by atoms with Gasteiger partial charge in [0.1, 0.15) is 5.82 Å². The SMILES string of the molecule is O=C(O)Cc1[nH]c(=O)cc(F)c1C(F)F. The van der Waals surface area contributed by atoms with Crippen molar-refractivity contribution in [2.75, 3.05) is 0 Å². The van der Waals surface area contributed by atoms with Crippen molar-refractivity contribution in [3.05, 3.63) is 33.5 Å². The molecule has 0 fully saturated rings. The van der Waals surface area contributed by atoms with Gasteiger partial charge in [0.05, 0.1) is 12.0 Å². The minimum atomic E-state index is -3.17. The normalized spacial score (nSPS) is 10.7. The van der Waals surface area contributed by atoms with E-state index < -0.39 is 41.4 Å². The minimum Gasteiger partial charge on any atom is -0.481 e. The van der Waals surface area contributed by atoms with Gasteiger partial charge in [-0.1, -0.05) is 0 Å². The van der Waals surface area contributed by atoms with Crippen LogP contribution >= 0.6 is 0 Å². The quantitative estimate of drug-likeness (QED) is 0.802. The van der Waals surface area contributed by atoms with Gasteiger partial charge in [0.2, 0.25) is 0 Å². The third kappa shape index (κ3) is 2.58. The molecule has 0 aliphatic carbocycles. The molecule has 0 aliphatic rings. The van der Waals surface area contributed by atoms with Crippen molar-refractivity contribution in [1.82, 2.24) is 4.98 Å². The minimum absolute atomic E-state index is 0.354.